The lowest BCUT2D eigenvalue weighted by molar-refractivity contribution is 0.401. The Balaban J connectivity index is 2.25. The predicted molar refractivity (Wildman–Crippen MR) is 99.9 cm³/mol. The molecule has 0 aliphatic carbocycles. The average molecular weight is 330 g/mol. The third-order valence-corrected chi connectivity index (χ3v) is 4.30. The summed E-state index contributed by atoms with van der Waals surface area (Å²) in [6.45, 7) is 7.32. The first kappa shape index (κ1) is 18.3. The van der Waals surface area contributed by atoms with Crippen LogP contribution in [-0.2, 0) is 13.6 Å². The van der Waals surface area contributed by atoms with Crippen molar-refractivity contribution >= 4 is 5.82 Å². The van der Waals surface area contributed by atoms with Crippen LogP contribution in [0.2, 0.25) is 0 Å². The standard InChI is InChI=1S/C19H30N4O/c1-13(2)18-16(19(22(4)5)23(6)21-18)12-20-14(3)15-10-8-9-11-17(15)24-7/h8-11,13-14,20H,12H2,1-7H3/t14-/m1/s1. The minimum Gasteiger partial charge on any atom is -0.496 e. The Morgan fingerprint density at radius 3 is 2.46 bits per heavy atom. The van der Waals surface area contributed by atoms with Gasteiger partial charge in [-0.2, -0.15) is 5.10 Å². The zero-order valence-corrected chi connectivity index (χ0v) is 15.9. The predicted octanol–water partition coefficient (Wildman–Crippen LogP) is 3.47. The molecular weight excluding hydrogens is 300 g/mol. The molecule has 0 unspecified atom stereocenters. The number of hydrogen-bond donors (Lipinski definition) is 1. The molecular formula is C19H30N4O. The Labute approximate surface area is 145 Å². The van der Waals surface area contributed by atoms with Gasteiger partial charge in [0.25, 0.3) is 0 Å². The largest absolute Gasteiger partial charge is 0.496 e. The van der Waals surface area contributed by atoms with Crippen LogP contribution in [0.4, 0.5) is 5.82 Å². The fraction of sp³-hybridized carbons (Fsp3) is 0.526. The van der Waals surface area contributed by atoms with E-state index in [9.17, 15) is 0 Å². The van der Waals surface area contributed by atoms with Crippen molar-refractivity contribution in [2.24, 2.45) is 7.05 Å². The average Bonchev–Trinajstić information content (AvgIpc) is 2.89. The fourth-order valence-corrected chi connectivity index (χ4v) is 3.16. The van der Waals surface area contributed by atoms with Crippen LogP contribution in [-0.4, -0.2) is 31.0 Å². The van der Waals surface area contributed by atoms with Crippen molar-refractivity contribution in [2.45, 2.75) is 39.3 Å². The molecule has 132 valence electrons. The summed E-state index contributed by atoms with van der Waals surface area (Å²) in [6.07, 6.45) is 0. The minimum absolute atomic E-state index is 0.191. The lowest BCUT2D eigenvalue weighted by Gasteiger charge is -2.20. The molecule has 0 amide bonds. The molecule has 0 spiro atoms. The third-order valence-electron chi connectivity index (χ3n) is 4.30. The molecule has 1 aromatic carbocycles. The van der Waals surface area contributed by atoms with Crippen molar-refractivity contribution in [1.29, 1.82) is 0 Å². The monoisotopic (exact) mass is 330 g/mol. The molecule has 0 radical (unpaired) electrons. The SMILES string of the molecule is COc1ccccc1[C@@H](C)NCc1c(C(C)C)nn(C)c1N(C)C. The van der Waals surface area contributed by atoms with E-state index in [0.717, 1.165) is 23.8 Å². The van der Waals surface area contributed by atoms with Crippen LogP contribution in [0.15, 0.2) is 24.3 Å². The Bertz CT molecular complexity index is 676. The number of rotatable bonds is 7. The van der Waals surface area contributed by atoms with Crippen LogP contribution in [0.1, 0.15) is 49.6 Å². The van der Waals surface area contributed by atoms with Gasteiger partial charge in [0.2, 0.25) is 0 Å². The van der Waals surface area contributed by atoms with E-state index in [2.05, 4.69) is 51.1 Å². The normalized spacial score (nSPS) is 12.5. The zero-order valence-electron chi connectivity index (χ0n) is 15.9. The van der Waals surface area contributed by atoms with Crippen LogP contribution in [0.25, 0.3) is 0 Å². The Morgan fingerprint density at radius 2 is 1.88 bits per heavy atom. The summed E-state index contributed by atoms with van der Waals surface area (Å²) >= 11 is 0. The van der Waals surface area contributed by atoms with Crippen LogP contribution in [0.5, 0.6) is 5.75 Å². The van der Waals surface area contributed by atoms with E-state index in [-0.39, 0.29) is 6.04 Å². The van der Waals surface area contributed by atoms with Crippen molar-refractivity contribution in [3.05, 3.63) is 41.1 Å². The molecule has 0 saturated heterocycles. The number of benzene rings is 1. The summed E-state index contributed by atoms with van der Waals surface area (Å²) in [6, 6.07) is 8.34. The smallest absolute Gasteiger partial charge is 0.130 e. The number of aryl methyl sites for hydroxylation is 1. The van der Waals surface area contributed by atoms with Crippen molar-refractivity contribution < 1.29 is 4.74 Å². The lowest BCUT2D eigenvalue weighted by atomic mass is 10.0. The van der Waals surface area contributed by atoms with Gasteiger partial charge in [0.05, 0.1) is 12.8 Å². The number of ether oxygens (including phenoxy) is 1. The molecule has 1 N–H and O–H groups in total. The summed E-state index contributed by atoms with van der Waals surface area (Å²) in [7, 11) is 7.85. The molecule has 1 atom stereocenters. The molecule has 5 heteroatoms. The number of hydrogen-bond acceptors (Lipinski definition) is 4. The topological polar surface area (TPSA) is 42.3 Å². The van der Waals surface area contributed by atoms with Crippen molar-refractivity contribution in [3.8, 4) is 5.75 Å². The Hall–Kier alpha value is -2.01. The van der Waals surface area contributed by atoms with E-state index in [1.807, 2.05) is 29.9 Å². The fourth-order valence-electron chi connectivity index (χ4n) is 3.16. The highest BCUT2D eigenvalue weighted by Crippen LogP contribution is 2.29. The minimum atomic E-state index is 0.191. The number of anilines is 1. The van der Waals surface area contributed by atoms with Gasteiger partial charge in [-0.05, 0) is 18.9 Å². The van der Waals surface area contributed by atoms with Crippen molar-refractivity contribution in [3.63, 3.8) is 0 Å². The Kier molecular flexibility index (Phi) is 5.89. The van der Waals surface area contributed by atoms with Gasteiger partial charge in [-0.25, -0.2) is 0 Å². The molecule has 0 fully saturated rings. The highest BCUT2D eigenvalue weighted by Gasteiger charge is 2.20. The molecule has 24 heavy (non-hydrogen) atoms. The van der Waals surface area contributed by atoms with Gasteiger partial charge >= 0.3 is 0 Å². The molecule has 2 rings (SSSR count). The van der Waals surface area contributed by atoms with E-state index < -0.39 is 0 Å². The van der Waals surface area contributed by atoms with Gasteiger partial charge in [-0.15, -0.1) is 0 Å². The van der Waals surface area contributed by atoms with Crippen LogP contribution in [0.3, 0.4) is 0 Å². The first-order chi connectivity index (χ1) is 11.4. The first-order valence-corrected chi connectivity index (χ1v) is 8.46. The number of para-hydroxylation sites is 1. The lowest BCUT2D eigenvalue weighted by Crippen LogP contribution is -2.22. The van der Waals surface area contributed by atoms with E-state index in [1.54, 1.807) is 7.11 Å². The number of nitrogens with zero attached hydrogens (tertiary/aromatic N) is 3. The van der Waals surface area contributed by atoms with Gasteiger partial charge in [0.15, 0.2) is 0 Å². The van der Waals surface area contributed by atoms with Gasteiger partial charge < -0.3 is 15.0 Å². The van der Waals surface area contributed by atoms with E-state index in [1.165, 1.54) is 11.1 Å². The molecule has 0 saturated carbocycles. The number of methoxy groups -OCH3 is 1. The van der Waals surface area contributed by atoms with Crippen molar-refractivity contribution in [1.82, 2.24) is 15.1 Å². The number of nitrogens with one attached hydrogen (secondary N) is 1. The molecule has 0 aliphatic rings. The number of aromatic nitrogens is 2. The summed E-state index contributed by atoms with van der Waals surface area (Å²) in [5.41, 5.74) is 3.58. The highest BCUT2D eigenvalue weighted by molar-refractivity contribution is 5.50. The van der Waals surface area contributed by atoms with Crippen LogP contribution in [0, 0.1) is 0 Å². The zero-order chi connectivity index (χ0) is 17.9. The molecule has 5 nitrogen and oxygen atoms in total. The van der Waals surface area contributed by atoms with E-state index >= 15 is 0 Å². The van der Waals surface area contributed by atoms with Gasteiger partial charge in [-0.3, -0.25) is 4.68 Å². The quantitative estimate of drug-likeness (QED) is 0.844. The Morgan fingerprint density at radius 1 is 1.21 bits per heavy atom. The summed E-state index contributed by atoms with van der Waals surface area (Å²) in [5.74, 6) is 2.46. The molecule has 1 aromatic heterocycles. The highest BCUT2D eigenvalue weighted by atomic mass is 16.5. The van der Waals surface area contributed by atoms with Gasteiger partial charge in [0.1, 0.15) is 11.6 Å². The van der Waals surface area contributed by atoms with Gasteiger partial charge in [-0.1, -0.05) is 32.0 Å². The summed E-state index contributed by atoms with van der Waals surface area (Å²) < 4.78 is 7.45. The van der Waals surface area contributed by atoms with Crippen LogP contribution >= 0.6 is 0 Å². The van der Waals surface area contributed by atoms with Gasteiger partial charge in [0, 0.05) is 44.9 Å². The van der Waals surface area contributed by atoms with E-state index in [0.29, 0.717) is 5.92 Å². The maximum absolute atomic E-state index is 5.48. The second kappa shape index (κ2) is 7.71. The van der Waals surface area contributed by atoms with Crippen molar-refractivity contribution in [2.75, 3.05) is 26.1 Å². The molecule has 0 bridgehead atoms. The maximum Gasteiger partial charge on any atom is 0.130 e. The van der Waals surface area contributed by atoms with E-state index in [4.69, 9.17) is 9.84 Å². The molecule has 1 heterocycles. The van der Waals surface area contributed by atoms with Crippen LogP contribution < -0.4 is 15.0 Å². The third kappa shape index (κ3) is 3.73. The summed E-state index contributed by atoms with van der Waals surface area (Å²) in [4.78, 5) is 2.13. The first-order valence-electron chi connectivity index (χ1n) is 8.46. The maximum atomic E-state index is 5.48. The second-order valence-electron chi connectivity index (χ2n) is 6.70. The second-order valence-corrected chi connectivity index (χ2v) is 6.70. The molecule has 2 aromatic rings. The summed E-state index contributed by atoms with van der Waals surface area (Å²) in [5, 5.41) is 8.36. The molecule has 0 aliphatic heterocycles.